The molecule has 0 saturated carbocycles. The largest absolute Gasteiger partial charge is 0.276 e. The Labute approximate surface area is 135 Å². The molecular weight excluding hydrogens is 320 g/mol. The van der Waals surface area contributed by atoms with Gasteiger partial charge < -0.3 is 0 Å². The summed E-state index contributed by atoms with van der Waals surface area (Å²) >= 11 is 5.77. The van der Waals surface area contributed by atoms with Crippen molar-refractivity contribution in [2.45, 2.75) is 18.7 Å². The van der Waals surface area contributed by atoms with Gasteiger partial charge in [0.25, 0.3) is 10.0 Å². The SMILES string of the molecule is CC(C)C(=NNS(=O)(=O)c1ccc(Cl)cc1)c1ccccc1. The number of hydrogen-bond donors (Lipinski definition) is 1. The van der Waals surface area contributed by atoms with Crippen LogP contribution in [0.2, 0.25) is 5.02 Å². The van der Waals surface area contributed by atoms with Gasteiger partial charge in [-0.25, -0.2) is 0 Å². The van der Waals surface area contributed by atoms with Crippen molar-refractivity contribution in [1.82, 2.24) is 4.83 Å². The number of halogens is 1. The van der Waals surface area contributed by atoms with Crippen LogP contribution in [0, 0.1) is 5.92 Å². The summed E-state index contributed by atoms with van der Waals surface area (Å²) in [4.78, 5) is 2.41. The summed E-state index contributed by atoms with van der Waals surface area (Å²) < 4.78 is 24.5. The molecule has 0 fully saturated rings. The fourth-order valence-corrected chi connectivity index (χ4v) is 2.86. The Morgan fingerprint density at radius 1 is 1.05 bits per heavy atom. The lowest BCUT2D eigenvalue weighted by atomic mass is 10.0. The van der Waals surface area contributed by atoms with Crippen LogP contribution in [-0.2, 0) is 10.0 Å². The van der Waals surface area contributed by atoms with Gasteiger partial charge in [0.1, 0.15) is 0 Å². The summed E-state index contributed by atoms with van der Waals surface area (Å²) in [6.45, 7) is 3.92. The molecule has 0 saturated heterocycles. The molecule has 0 unspecified atom stereocenters. The van der Waals surface area contributed by atoms with E-state index in [-0.39, 0.29) is 10.8 Å². The molecule has 6 heteroatoms. The first-order valence-corrected chi connectivity index (χ1v) is 8.66. The quantitative estimate of drug-likeness (QED) is 0.669. The van der Waals surface area contributed by atoms with Crippen molar-refractivity contribution in [3.05, 3.63) is 65.2 Å². The Kier molecular flexibility index (Phi) is 5.21. The van der Waals surface area contributed by atoms with Crippen molar-refractivity contribution in [1.29, 1.82) is 0 Å². The molecule has 2 aromatic carbocycles. The van der Waals surface area contributed by atoms with E-state index in [0.717, 1.165) is 5.56 Å². The first kappa shape index (κ1) is 16.5. The monoisotopic (exact) mass is 336 g/mol. The van der Waals surface area contributed by atoms with Crippen molar-refractivity contribution in [3.8, 4) is 0 Å². The minimum atomic E-state index is -3.71. The standard InChI is InChI=1S/C16H17ClN2O2S/c1-12(2)16(13-6-4-3-5-7-13)18-19-22(20,21)15-10-8-14(17)9-11-15/h3-12,19H,1-2H3. The van der Waals surface area contributed by atoms with Crippen LogP contribution in [0.1, 0.15) is 19.4 Å². The summed E-state index contributed by atoms with van der Waals surface area (Å²) in [7, 11) is -3.71. The summed E-state index contributed by atoms with van der Waals surface area (Å²) in [6.07, 6.45) is 0. The highest BCUT2D eigenvalue weighted by atomic mass is 35.5. The highest BCUT2D eigenvalue weighted by Crippen LogP contribution is 2.15. The Morgan fingerprint density at radius 2 is 1.64 bits per heavy atom. The third-order valence-electron chi connectivity index (χ3n) is 3.03. The molecule has 0 aliphatic heterocycles. The number of rotatable bonds is 5. The van der Waals surface area contributed by atoms with Gasteiger partial charge in [0.2, 0.25) is 0 Å². The minimum Gasteiger partial charge on any atom is -0.200 e. The zero-order valence-corrected chi connectivity index (χ0v) is 13.9. The van der Waals surface area contributed by atoms with Gasteiger partial charge in [-0.15, -0.1) is 0 Å². The maximum Gasteiger partial charge on any atom is 0.276 e. The summed E-state index contributed by atoms with van der Waals surface area (Å²) in [5, 5.41) is 4.59. The van der Waals surface area contributed by atoms with Crippen LogP contribution in [0.5, 0.6) is 0 Å². The van der Waals surface area contributed by atoms with Crippen LogP contribution < -0.4 is 4.83 Å². The van der Waals surface area contributed by atoms with E-state index >= 15 is 0 Å². The first-order valence-electron chi connectivity index (χ1n) is 6.80. The highest BCUT2D eigenvalue weighted by Gasteiger charge is 2.15. The number of benzene rings is 2. The lowest BCUT2D eigenvalue weighted by Crippen LogP contribution is -2.22. The van der Waals surface area contributed by atoms with Crippen molar-refractivity contribution < 1.29 is 8.42 Å². The molecule has 22 heavy (non-hydrogen) atoms. The minimum absolute atomic E-state index is 0.0790. The molecule has 116 valence electrons. The lowest BCUT2D eigenvalue weighted by molar-refractivity contribution is 0.584. The van der Waals surface area contributed by atoms with E-state index in [1.807, 2.05) is 44.2 Å². The van der Waals surface area contributed by atoms with E-state index in [1.54, 1.807) is 0 Å². The van der Waals surface area contributed by atoms with Crippen LogP contribution in [0.4, 0.5) is 0 Å². The van der Waals surface area contributed by atoms with Gasteiger partial charge in [-0.3, -0.25) is 0 Å². The van der Waals surface area contributed by atoms with Gasteiger partial charge in [0, 0.05) is 5.02 Å². The average molecular weight is 337 g/mol. The zero-order valence-electron chi connectivity index (χ0n) is 12.3. The van der Waals surface area contributed by atoms with Crippen LogP contribution >= 0.6 is 11.6 Å². The van der Waals surface area contributed by atoms with E-state index in [0.29, 0.717) is 10.7 Å². The van der Waals surface area contributed by atoms with Crippen LogP contribution in [-0.4, -0.2) is 14.1 Å². The molecule has 0 aliphatic carbocycles. The first-order chi connectivity index (χ1) is 10.4. The van der Waals surface area contributed by atoms with E-state index in [2.05, 4.69) is 9.93 Å². The molecule has 0 atom stereocenters. The Balaban J connectivity index is 2.29. The Hall–Kier alpha value is -1.85. The molecule has 0 heterocycles. The Bertz CT molecular complexity index is 754. The van der Waals surface area contributed by atoms with Crippen molar-refractivity contribution in [2.24, 2.45) is 11.0 Å². The number of nitrogens with one attached hydrogen (secondary N) is 1. The number of sulfonamides is 1. The van der Waals surface area contributed by atoms with Crippen molar-refractivity contribution in [3.63, 3.8) is 0 Å². The number of hydrogen-bond acceptors (Lipinski definition) is 3. The molecule has 2 rings (SSSR count). The number of hydrazone groups is 1. The Morgan fingerprint density at radius 3 is 2.18 bits per heavy atom. The second-order valence-corrected chi connectivity index (χ2v) is 7.16. The third-order valence-corrected chi connectivity index (χ3v) is 4.50. The van der Waals surface area contributed by atoms with Gasteiger partial charge in [-0.1, -0.05) is 55.8 Å². The molecule has 0 bridgehead atoms. The average Bonchev–Trinajstić information content (AvgIpc) is 2.48. The second kappa shape index (κ2) is 6.94. The van der Waals surface area contributed by atoms with E-state index in [4.69, 9.17) is 11.6 Å². The predicted molar refractivity (Wildman–Crippen MR) is 89.6 cm³/mol. The fraction of sp³-hybridized carbons (Fsp3) is 0.188. The molecule has 0 aromatic heterocycles. The van der Waals surface area contributed by atoms with Crippen molar-refractivity contribution in [2.75, 3.05) is 0 Å². The van der Waals surface area contributed by atoms with Gasteiger partial charge in [-0.2, -0.15) is 18.4 Å². The van der Waals surface area contributed by atoms with Gasteiger partial charge in [0.05, 0.1) is 10.6 Å². The van der Waals surface area contributed by atoms with Crippen LogP contribution in [0.15, 0.2) is 64.6 Å². The molecule has 1 N–H and O–H groups in total. The predicted octanol–water partition coefficient (Wildman–Crippen LogP) is 3.68. The highest BCUT2D eigenvalue weighted by molar-refractivity contribution is 7.89. The smallest absolute Gasteiger partial charge is 0.200 e. The van der Waals surface area contributed by atoms with Gasteiger partial charge in [0.15, 0.2) is 0 Å². The van der Waals surface area contributed by atoms with Crippen molar-refractivity contribution >= 4 is 27.3 Å². The molecule has 0 spiro atoms. The molecule has 0 radical (unpaired) electrons. The van der Waals surface area contributed by atoms with Gasteiger partial charge >= 0.3 is 0 Å². The molecule has 4 nitrogen and oxygen atoms in total. The van der Waals surface area contributed by atoms with E-state index in [9.17, 15) is 8.42 Å². The molecule has 0 aliphatic rings. The summed E-state index contributed by atoms with van der Waals surface area (Å²) in [5.74, 6) is 0.0790. The lowest BCUT2D eigenvalue weighted by Gasteiger charge is -2.11. The topological polar surface area (TPSA) is 58.5 Å². The van der Waals surface area contributed by atoms with Crippen LogP contribution in [0.3, 0.4) is 0 Å². The summed E-state index contributed by atoms with van der Waals surface area (Å²) in [6, 6.07) is 15.4. The second-order valence-electron chi connectivity index (χ2n) is 5.07. The van der Waals surface area contributed by atoms with Crippen LogP contribution in [0.25, 0.3) is 0 Å². The normalized spacial score (nSPS) is 12.5. The molecule has 2 aromatic rings. The molecule has 0 amide bonds. The maximum atomic E-state index is 12.2. The fourth-order valence-electron chi connectivity index (χ4n) is 1.91. The summed E-state index contributed by atoms with van der Waals surface area (Å²) in [5.41, 5.74) is 1.56. The van der Waals surface area contributed by atoms with E-state index < -0.39 is 10.0 Å². The van der Waals surface area contributed by atoms with Gasteiger partial charge in [-0.05, 0) is 35.7 Å². The van der Waals surface area contributed by atoms with E-state index in [1.165, 1.54) is 24.3 Å². The maximum absolute atomic E-state index is 12.2. The third kappa shape index (κ3) is 4.08. The zero-order chi connectivity index (χ0) is 16.2. The number of nitrogens with zero attached hydrogens (tertiary/aromatic N) is 1. The molecular formula is C16H17ClN2O2S.